The summed E-state index contributed by atoms with van der Waals surface area (Å²) >= 11 is 0. The first-order valence-corrected chi connectivity index (χ1v) is 9.75. The molecule has 2 aromatic carbocycles. The molecule has 1 N–H and O–H groups in total. The van der Waals surface area contributed by atoms with Crippen molar-refractivity contribution >= 4 is 17.5 Å². The first kappa shape index (κ1) is 19.2. The second kappa shape index (κ2) is 8.85. The van der Waals surface area contributed by atoms with E-state index in [2.05, 4.69) is 17.4 Å². The maximum atomic E-state index is 12.8. The number of aryl methyl sites for hydroxylation is 1. The number of rotatable bonds is 5. The van der Waals surface area contributed by atoms with Crippen molar-refractivity contribution in [1.29, 1.82) is 0 Å². The minimum absolute atomic E-state index is 0.0515. The van der Waals surface area contributed by atoms with Crippen molar-refractivity contribution in [1.82, 2.24) is 4.90 Å². The lowest BCUT2D eigenvalue weighted by atomic mass is 9.88. The van der Waals surface area contributed by atoms with E-state index in [1.807, 2.05) is 31.2 Å². The molecule has 0 spiro atoms. The van der Waals surface area contributed by atoms with Crippen LogP contribution in [0.1, 0.15) is 53.6 Å². The fraction of sp³-hybridized carbons (Fsp3) is 0.391. The van der Waals surface area contributed by atoms with Crippen molar-refractivity contribution in [3.8, 4) is 0 Å². The standard InChI is InChI=1S/C23H28N2O2/c1-17-11-13-18(14-12-17)16-25(2)23(27)20-9-6-10-21(15-20)24-22(26)19-7-4-3-5-8-19/h6,9-15,19H,3-5,7-8,16H2,1-2H3,(H,24,26). The summed E-state index contributed by atoms with van der Waals surface area (Å²) in [6, 6.07) is 15.4. The van der Waals surface area contributed by atoms with Crippen molar-refractivity contribution in [2.24, 2.45) is 5.92 Å². The second-order valence-electron chi connectivity index (χ2n) is 7.55. The molecule has 0 heterocycles. The minimum Gasteiger partial charge on any atom is -0.337 e. The number of carbonyl (C=O) groups is 2. The summed E-state index contributed by atoms with van der Waals surface area (Å²) in [6.45, 7) is 2.60. The predicted octanol–water partition coefficient (Wildman–Crippen LogP) is 4.79. The Kier molecular flexibility index (Phi) is 6.28. The van der Waals surface area contributed by atoms with Gasteiger partial charge in [-0.15, -0.1) is 0 Å². The van der Waals surface area contributed by atoms with Gasteiger partial charge < -0.3 is 10.2 Å². The van der Waals surface area contributed by atoms with Crippen molar-refractivity contribution in [3.63, 3.8) is 0 Å². The molecule has 142 valence electrons. The highest BCUT2D eigenvalue weighted by Crippen LogP contribution is 2.25. The Morgan fingerprint density at radius 1 is 1.04 bits per heavy atom. The molecule has 1 fully saturated rings. The van der Waals surface area contributed by atoms with E-state index in [0.717, 1.165) is 31.2 Å². The van der Waals surface area contributed by atoms with Crippen molar-refractivity contribution in [2.75, 3.05) is 12.4 Å². The zero-order valence-corrected chi connectivity index (χ0v) is 16.2. The van der Waals surface area contributed by atoms with Crippen LogP contribution in [-0.4, -0.2) is 23.8 Å². The Labute approximate surface area is 161 Å². The van der Waals surface area contributed by atoms with Crippen molar-refractivity contribution in [2.45, 2.75) is 45.6 Å². The number of anilines is 1. The van der Waals surface area contributed by atoms with Crippen LogP contribution in [0.25, 0.3) is 0 Å². The van der Waals surface area contributed by atoms with E-state index in [9.17, 15) is 9.59 Å². The highest BCUT2D eigenvalue weighted by atomic mass is 16.2. The highest BCUT2D eigenvalue weighted by Gasteiger charge is 2.21. The summed E-state index contributed by atoms with van der Waals surface area (Å²) in [7, 11) is 1.80. The molecule has 0 saturated heterocycles. The van der Waals surface area contributed by atoms with Crippen LogP contribution in [0.2, 0.25) is 0 Å². The lowest BCUT2D eigenvalue weighted by Crippen LogP contribution is -2.27. The third-order valence-electron chi connectivity index (χ3n) is 5.24. The molecule has 4 nitrogen and oxygen atoms in total. The van der Waals surface area contributed by atoms with Crippen LogP contribution >= 0.6 is 0 Å². The molecule has 3 rings (SSSR count). The molecule has 0 radical (unpaired) electrons. The Morgan fingerprint density at radius 2 is 1.74 bits per heavy atom. The van der Waals surface area contributed by atoms with Crippen LogP contribution < -0.4 is 5.32 Å². The highest BCUT2D eigenvalue weighted by molar-refractivity contribution is 5.97. The summed E-state index contributed by atoms with van der Waals surface area (Å²) in [5.74, 6) is 0.124. The topological polar surface area (TPSA) is 49.4 Å². The van der Waals surface area contributed by atoms with Crippen LogP contribution in [0.4, 0.5) is 5.69 Å². The van der Waals surface area contributed by atoms with Gasteiger partial charge in [-0.05, 0) is 43.5 Å². The molecular formula is C23H28N2O2. The normalized spacial score (nSPS) is 14.6. The van der Waals surface area contributed by atoms with Crippen molar-refractivity contribution in [3.05, 3.63) is 65.2 Å². The molecular weight excluding hydrogens is 336 g/mol. The first-order chi connectivity index (χ1) is 13.0. The molecule has 0 unspecified atom stereocenters. The smallest absolute Gasteiger partial charge is 0.253 e. The van der Waals surface area contributed by atoms with Crippen LogP contribution in [-0.2, 0) is 11.3 Å². The van der Waals surface area contributed by atoms with E-state index in [-0.39, 0.29) is 17.7 Å². The molecule has 0 bridgehead atoms. The van der Waals surface area contributed by atoms with Gasteiger partial charge in [-0.1, -0.05) is 55.2 Å². The number of benzene rings is 2. The van der Waals surface area contributed by atoms with Gasteiger partial charge in [-0.3, -0.25) is 9.59 Å². The quantitative estimate of drug-likeness (QED) is 0.829. The molecule has 1 aliphatic rings. The number of nitrogens with one attached hydrogen (secondary N) is 1. The number of hydrogen-bond acceptors (Lipinski definition) is 2. The SMILES string of the molecule is Cc1ccc(CN(C)C(=O)c2cccc(NC(=O)C3CCCCC3)c2)cc1. The summed E-state index contributed by atoms with van der Waals surface area (Å²) in [5, 5.41) is 2.99. The van der Waals surface area contributed by atoms with Crippen molar-refractivity contribution < 1.29 is 9.59 Å². The van der Waals surface area contributed by atoms with E-state index in [1.165, 1.54) is 12.0 Å². The molecule has 0 atom stereocenters. The second-order valence-corrected chi connectivity index (χ2v) is 7.55. The molecule has 1 aliphatic carbocycles. The van der Waals surface area contributed by atoms with E-state index in [1.54, 1.807) is 24.1 Å². The number of amides is 2. The minimum atomic E-state index is -0.0515. The van der Waals surface area contributed by atoms with Gasteiger partial charge in [-0.2, -0.15) is 0 Å². The Morgan fingerprint density at radius 3 is 2.44 bits per heavy atom. The van der Waals surface area contributed by atoms with Gasteiger partial charge in [0.2, 0.25) is 5.91 Å². The van der Waals surface area contributed by atoms with E-state index >= 15 is 0 Å². The lowest BCUT2D eigenvalue weighted by molar-refractivity contribution is -0.120. The third-order valence-corrected chi connectivity index (χ3v) is 5.24. The molecule has 2 amide bonds. The van der Waals surface area contributed by atoms with Crippen LogP contribution in [0, 0.1) is 12.8 Å². The summed E-state index contributed by atoms with van der Waals surface area (Å²) < 4.78 is 0. The van der Waals surface area contributed by atoms with Gasteiger partial charge >= 0.3 is 0 Å². The monoisotopic (exact) mass is 364 g/mol. The largest absolute Gasteiger partial charge is 0.337 e. The maximum Gasteiger partial charge on any atom is 0.253 e. The summed E-state index contributed by atoms with van der Waals surface area (Å²) in [4.78, 5) is 26.9. The van der Waals surface area contributed by atoms with Gasteiger partial charge in [0.15, 0.2) is 0 Å². The maximum absolute atomic E-state index is 12.8. The fourth-order valence-electron chi connectivity index (χ4n) is 3.60. The van der Waals surface area contributed by atoms with E-state index in [0.29, 0.717) is 17.8 Å². The molecule has 0 aromatic heterocycles. The third kappa shape index (κ3) is 5.19. The Hall–Kier alpha value is -2.62. The predicted molar refractivity (Wildman–Crippen MR) is 109 cm³/mol. The fourth-order valence-corrected chi connectivity index (χ4v) is 3.60. The summed E-state index contributed by atoms with van der Waals surface area (Å²) in [5.41, 5.74) is 3.58. The molecule has 0 aliphatic heterocycles. The zero-order valence-electron chi connectivity index (χ0n) is 16.2. The number of nitrogens with zero attached hydrogens (tertiary/aromatic N) is 1. The van der Waals surface area contributed by atoms with Crippen LogP contribution in [0.3, 0.4) is 0 Å². The van der Waals surface area contributed by atoms with E-state index in [4.69, 9.17) is 0 Å². The van der Waals surface area contributed by atoms with Gasteiger partial charge in [0.1, 0.15) is 0 Å². The number of carbonyl (C=O) groups excluding carboxylic acids is 2. The molecule has 27 heavy (non-hydrogen) atoms. The average Bonchev–Trinajstić information content (AvgIpc) is 2.70. The van der Waals surface area contributed by atoms with Gasteiger partial charge in [0.25, 0.3) is 5.91 Å². The molecule has 2 aromatic rings. The van der Waals surface area contributed by atoms with Crippen LogP contribution in [0.15, 0.2) is 48.5 Å². The number of hydrogen-bond donors (Lipinski definition) is 1. The van der Waals surface area contributed by atoms with Crippen LogP contribution in [0.5, 0.6) is 0 Å². The zero-order chi connectivity index (χ0) is 19.2. The van der Waals surface area contributed by atoms with Gasteiger partial charge in [0, 0.05) is 30.8 Å². The van der Waals surface area contributed by atoms with Gasteiger partial charge in [0.05, 0.1) is 0 Å². The first-order valence-electron chi connectivity index (χ1n) is 9.75. The van der Waals surface area contributed by atoms with E-state index < -0.39 is 0 Å². The molecule has 4 heteroatoms. The molecule has 1 saturated carbocycles. The lowest BCUT2D eigenvalue weighted by Gasteiger charge is -2.21. The average molecular weight is 364 g/mol. The Balaban J connectivity index is 1.63. The summed E-state index contributed by atoms with van der Waals surface area (Å²) in [6.07, 6.45) is 5.40. The van der Waals surface area contributed by atoms with Gasteiger partial charge in [-0.25, -0.2) is 0 Å². The Bertz CT molecular complexity index is 792.